The average Bonchev–Trinajstić information content (AvgIpc) is 3.02. The topological polar surface area (TPSA) is 58.6 Å². The first-order valence-corrected chi connectivity index (χ1v) is 10.4. The highest BCUT2D eigenvalue weighted by molar-refractivity contribution is 7.94. The highest BCUT2D eigenvalue weighted by Crippen LogP contribution is 2.27. The first kappa shape index (κ1) is 17.4. The van der Waals surface area contributed by atoms with E-state index in [1.165, 1.54) is 11.3 Å². The van der Waals surface area contributed by atoms with E-state index in [-0.39, 0.29) is 6.10 Å². The van der Waals surface area contributed by atoms with Crippen LogP contribution in [0, 0.1) is 6.92 Å². The summed E-state index contributed by atoms with van der Waals surface area (Å²) in [6, 6.07) is 9.27. The summed E-state index contributed by atoms with van der Waals surface area (Å²) in [6.45, 7) is 7.52. The number of nitrogens with one attached hydrogen (secondary N) is 1. The standard InChI is InChI=1S/C17H22N2O3S2/c1-3-19-9-10-22-16(12-19)14-4-6-15(7-5-14)18-24(20,21)17-13(2)8-11-23-17/h4-8,11,16,18H,3,9-10,12H2,1-2H3. The van der Waals surface area contributed by atoms with E-state index in [1.807, 2.05) is 18.2 Å². The molecule has 2 heterocycles. The summed E-state index contributed by atoms with van der Waals surface area (Å²) in [5, 5.41) is 1.78. The van der Waals surface area contributed by atoms with Crippen molar-refractivity contribution in [2.24, 2.45) is 0 Å². The number of ether oxygens (including phenoxy) is 1. The maximum atomic E-state index is 12.4. The molecule has 1 atom stereocenters. The van der Waals surface area contributed by atoms with Gasteiger partial charge in [0.05, 0.1) is 12.7 Å². The third-order valence-electron chi connectivity index (χ3n) is 4.19. The zero-order chi connectivity index (χ0) is 17.2. The smallest absolute Gasteiger partial charge is 0.271 e. The summed E-state index contributed by atoms with van der Waals surface area (Å²) in [7, 11) is -3.52. The molecule has 1 fully saturated rings. The highest BCUT2D eigenvalue weighted by Gasteiger charge is 2.22. The van der Waals surface area contributed by atoms with Crippen molar-refractivity contribution >= 4 is 27.0 Å². The van der Waals surface area contributed by atoms with Crippen LogP contribution in [0.3, 0.4) is 0 Å². The lowest BCUT2D eigenvalue weighted by Gasteiger charge is -2.32. The molecule has 130 valence electrons. The summed E-state index contributed by atoms with van der Waals surface area (Å²) in [5.41, 5.74) is 2.40. The van der Waals surface area contributed by atoms with Gasteiger partial charge in [-0.15, -0.1) is 11.3 Å². The molecule has 1 aromatic carbocycles. The molecule has 0 radical (unpaired) electrons. The molecule has 0 aliphatic carbocycles. The van der Waals surface area contributed by atoms with Gasteiger partial charge in [0, 0.05) is 18.8 Å². The van der Waals surface area contributed by atoms with E-state index in [0.717, 1.165) is 37.4 Å². The van der Waals surface area contributed by atoms with Gasteiger partial charge in [0.1, 0.15) is 4.21 Å². The molecular weight excluding hydrogens is 344 g/mol. The van der Waals surface area contributed by atoms with Crippen molar-refractivity contribution < 1.29 is 13.2 Å². The second kappa shape index (κ2) is 7.23. The molecule has 2 aromatic rings. The number of hydrogen-bond donors (Lipinski definition) is 1. The largest absolute Gasteiger partial charge is 0.371 e. The second-order valence-electron chi connectivity index (χ2n) is 5.87. The third kappa shape index (κ3) is 3.80. The number of morpholine rings is 1. The Morgan fingerprint density at radius 2 is 2.04 bits per heavy atom. The van der Waals surface area contributed by atoms with Gasteiger partial charge in [-0.2, -0.15) is 0 Å². The maximum absolute atomic E-state index is 12.4. The first-order chi connectivity index (χ1) is 11.5. The van der Waals surface area contributed by atoms with Gasteiger partial charge in [0.15, 0.2) is 0 Å². The number of likely N-dealkylation sites (N-methyl/N-ethyl adjacent to an activating group) is 1. The van der Waals surface area contributed by atoms with Crippen LogP contribution in [0.4, 0.5) is 5.69 Å². The first-order valence-electron chi connectivity index (χ1n) is 8.00. The predicted octanol–water partition coefficient (Wildman–Crippen LogP) is 3.25. The summed E-state index contributed by atoms with van der Waals surface area (Å²) in [4.78, 5) is 2.35. The average molecular weight is 367 g/mol. The van der Waals surface area contributed by atoms with Gasteiger partial charge in [-0.05, 0) is 48.2 Å². The summed E-state index contributed by atoms with van der Waals surface area (Å²) in [6.07, 6.45) is 0.0453. The maximum Gasteiger partial charge on any atom is 0.271 e. The summed E-state index contributed by atoms with van der Waals surface area (Å²) in [5.74, 6) is 0. The van der Waals surface area contributed by atoms with Gasteiger partial charge in [-0.25, -0.2) is 8.42 Å². The number of anilines is 1. The number of nitrogens with zero attached hydrogens (tertiary/aromatic N) is 1. The molecule has 1 aliphatic rings. The fourth-order valence-electron chi connectivity index (χ4n) is 2.79. The normalized spacial score (nSPS) is 19.3. The van der Waals surface area contributed by atoms with Crippen LogP contribution in [-0.4, -0.2) is 39.6 Å². The van der Waals surface area contributed by atoms with Crippen LogP contribution in [0.1, 0.15) is 24.2 Å². The van der Waals surface area contributed by atoms with Crippen molar-refractivity contribution in [2.45, 2.75) is 24.2 Å². The SMILES string of the molecule is CCN1CCOC(c2ccc(NS(=O)(=O)c3sccc3C)cc2)C1. The zero-order valence-corrected chi connectivity index (χ0v) is 15.5. The number of aryl methyl sites for hydroxylation is 1. The third-order valence-corrected chi connectivity index (χ3v) is 7.26. The highest BCUT2D eigenvalue weighted by atomic mass is 32.2. The minimum absolute atomic E-state index is 0.0453. The molecule has 0 amide bonds. The Labute approximate surface area is 147 Å². The molecule has 1 aliphatic heterocycles. The Kier molecular flexibility index (Phi) is 5.24. The van der Waals surface area contributed by atoms with Crippen LogP contribution in [0.15, 0.2) is 39.9 Å². The number of hydrogen-bond acceptors (Lipinski definition) is 5. The van der Waals surface area contributed by atoms with E-state index in [0.29, 0.717) is 9.90 Å². The minimum Gasteiger partial charge on any atom is -0.371 e. The fraction of sp³-hybridized carbons (Fsp3) is 0.412. The Morgan fingerprint density at radius 3 is 2.67 bits per heavy atom. The lowest BCUT2D eigenvalue weighted by Crippen LogP contribution is -2.38. The molecule has 0 saturated carbocycles. The van der Waals surface area contributed by atoms with Gasteiger partial charge in [0.25, 0.3) is 10.0 Å². The lowest BCUT2D eigenvalue weighted by atomic mass is 10.1. The predicted molar refractivity (Wildman–Crippen MR) is 97.1 cm³/mol. The molecule has 5 nitrogen and oxygen atoms in total. The zero-order valence-electron chi connectivity index (χ0n) is 13.9. The Balaban J connectivity index is 1.72. The van der Waals surface area contributed by atoms with Gasteiger partial charge >= 0.3 is 0 Å². The number of sulfonamides is 1. The number of thiophene rings is 1. The molecule has 1 unspecified atom stereocenters. The molecule has 0 spiro atoms. The van der Waals surface area contributed by atoms with E-state index >= 15 is 0 Å². The van der Waals surface area contributed by atoms with Gasteiger partial charge in [0.2, 0.25) is 0 Å². The van der Waals surface area contributed by atoms with Crippen LogP contribution in [0.25, 0.3) is 0 Å². The number of benzene rings is 1. The number of rotatable bonds is 5. The molecule has 3 rings (SSSR count). The van der Waals surface area contributed by atoms with Crippen molar-refractivity contribution in [1.82, 2.24) is 4.90 Å². The second-order valence-corrected chi connectivity index (χ2v) is 8.67. The van der Waals surface area contributed by atoms with Gasteiger partial charge < -0.3 is 4.74 Å². The van der Waals surface area contributed by atoms with E-state index < -0.39 is 10.0 Å². The van der Waals surface area contributed by atoms with Crippen molar-refractivity contribution in [3.8, 4) is 0 Å². The molecule has 0 bridgehead atoms. The van der Waals surface area contributed by atoms with Crippen LogP contribution in [0.2, 0.25) is 0 Å². The monoisotopic (exact) mass is 366 g/mol. The van der Waals surface area contributed by atoms with Crippen molar-refractivity contribution in [3.05, 3.63) is 46.8 Å². The van der Waals surface area contributed by atoms with Crippen LogP contribution < -0.4 is 4.72 Å². The summed E-state index contributed by atoms with van der Waals surface area (Å²) >= 11 is 1.23. The Morgan fingerprint density at radius 1 is 1.29 bits per heavy atom. The van der Waals surface area contributed by atoms with E-state index in [9.17, 15) is 8.42 Å². The Hall–Kier alpha value is -1.41. The molecule has 1 aromatic heterocycles. The molecule has 1 saturated heterocycles. The summed E-state index contributed by atoms with van der Waals surface area (Å²) < 4.78 is 33.7. The minimum atomic E-state index is -3.52. The molecule has 7 heteroatoms. The van der Waals surface area contributed by atoms with Crippen LogP contribution >= 0.6 is 11.3 Å². The van der Waals surface area contributed by atoms with Crippen molar-refractivity contribution in [2.75, 3.05) is 31.0 Å². The molecular formula is C17H22N2O3S2. The Bertz CT molecular complexity index is 784. The van der Waals surface area contributed by atoms with Gasteiger partial charge in [-0.1, -0.05) is 19.1 Å². The van der Waals surface area contributed by atoms with Crippen molar-refractivity contribution in [1.29, 1.82) is 0 Å². The fourth-order valence-corrected chi connectivity index (χ4v) is 5.27. The van der Waals surface area contributed by atoms with Gasteiger partial charge in [-0.3, -0.25) is 9.62 Å². The van der Waals surface area contributed by atoms with E-state index in [2.05, 4.69) is 16.5 Å². The van der Waals surface area contributed by atoms with Crippen molar-refractivity contribution in [3.63, 3.8) is 0 Å². The lowest BCUT2D eigenvalue weighted by molar-refractivity contribution is -0.0281. The quantitative estimate of drug-likeness (QED) is 0.882. The molecule has 24 heavy (non-hydrogen) atoms. The van der Waals surface area contributed by atoms with E-state index in [1.54, 1.807) is 24.4 Å². The van der Waals surface area contributed by atoms with E-state index in [4.69, 9.17) is 4.74 Å². The molecule has 1 N–H and O–H groups in total. The van der Waals surface area contributed by atoms with Crippen LogP contribution in [0.5, 0.6) is 0 Å². The van der Waals surface area contributed by atoms with Crippen LogP contribution in [-0.2, 0) is 14.8 Å².